The van der Waals surface area contributed by atoms with Gasteiger partial charge in [0.25, 0.3) is 0 Å². The van der Waals surface area contributed by atoms with Gasteiger partial charge in [0.15, 0.2) is 23.2 Å². The van der Waals surface area contributed by atoms with Crippen molar-refractivity contribution in [1.82, 2.24) is 4.90 Å². The maximum Gasteiger partial charge on any atom is 0.410 e. The van der Waals surface area contributed by atoms with Gasteiger partial charge in [-0.25, -0.2) is 18.0 Å². The summed E-state index contributed by atoms with van der Waals surface area (Å²) in [4.78, 5) is 18.6. The van der Waals surface area contributed by atoms with Gasteiger partial charge in [0.05, 0.1) is 18.9 Å². The van der Waals surface area contributed by atoms with E-state index in [0.717, 1.165) is 83.1 Å². The van der Waals surface area contributed by atoms with Gasteiger partial charge in [-0.2, -0.15) is 0 Å². The van der Waals surface area contributed by atoms with Crippen molar-refractivity contribution < 1.29 is 36.9 Å². The Labute approximate surface area is 742 Å². The zero-order valence-corrected chi connectivity index (χ0v) is 79.9. The third-order valence-corrected chi connectivity index (χ3v) is 27.9. The molecule has 1 unspecified atom stereocenters. The van der Waals surface area contributed by atoms with Gasteiger partial charge < -0.3 is 28.7 Å². The summed E-state index contributed by atoms with van der Waals surface area (Å²) in [6, 6.07) is 8.45. The summed E-state index contributed by atoms with van der Waals surface area (Å²) in [6.07, 6.45) is 111. The lowest BCUT2D eigenvalue weighted by Crippen LogP contribution is -2.56. The Kier molecular flexibility index (Phi) is 67.3. The number of halogens is 3. The molecule has 0 radical (unpaired) electrons. The molecule has 2 aromatic rings. The standard InChI is InChI=1S/C110H197F3N2O5/c1-108(2,3)120-107(116)114-92-84-80-76-72-68-64-60-56-52-48-44-40-36-32-28-24-20-16-12-11-14-18-22-26-30-34-38-42-46-50-54-58-62-66-70-74-78-82-90-109(100-115(94-86-93-114)105-98-103(112)104(113)99-106(105)119-102-88-85-87-101(111)97-102)89-81-77-73-69-65-61-57-53-49-45-41-37-33-29-25-21-17-13-9-7-5-4-6-8-10-15-19-23-27-31-35-39-43-47-51-55-59-63-67-71-75-79-83-91-110(109)117-95-96-118-110/h85,87-88,97-99H,4-84,86,89-96,100H2,1-3H3. The van der Waals surface area contributed by atoms with Gasteiger partial charge in [-0.15, -0.1) is 0 Å². The van der Waals surface area contributed by atoms with E-state index in [4.69, 9.17) is 18.9 Å². The summed E-state index contributed by atoms with van der Waals surface area (Å²) in [5.41, 5.74) is -0.811. The van der Waals surface area contributed by atoms with Crippen LogP contribution in [0.2, 0.25) is 0 Å². The summed E-state index contributed by atoms with van der Waals surface area (Å²) < 4.78 is 75.4. The number of anilines is 1. The van der Waals surface area contributed by atoms with Gasteiger partial charge in [0, 0.05) is 56.2 Å². The van der Waals surface area contributed by atoms with Crippen LogP contribution >= 0.6 is 0 Å². The molecule has 1 amide bonds. The van der Waals surface area contributed by atoms with Crippen LogP contribution in [-0.2, 0) is 14.2 Å². The molecule has 698 valence electrons. The monoisotopic (exact) mass is 1680 g/mol. The molecule has 1 atom stereocenters. The van der Waals surface area contributed by atoms with Crippen LogP contribution in [0, 0.1) is 22.9 Å². The maximum absolute atomic E-state index is 16.6. The quantitative estimate of drug-likeness (QED) is 0.305. The van der Waals surface area contributed by atoms with E-state index in [1.807, 2.05) is 25.7 Å². The van der Waals surface area contributed by atoms with E-state index in [1.54, 1.807) is 12.1 Å². The number of hydrogen-bond donors (Lipinski definition) is 0. The summed E-state index contributed by atoms with van der Waals surface area (Å²) in [7, 11) is 0. The Morgan fingerprint density at radius 3 is 0.833 bits per heavy atom. The number of ether oxygens (including phenoxy) is 4. The minimum atomic E-state index is -1.02. The van der Waals surface area contributed by atoms with Crippen LogP contribution in [-0.4, -0.2) is 61.8 Å². The number of carbonyl (C=O) groups is 1. The molecule has 2 heterocycles. The summed E-state index contributed by atoms with van der Waals surface area (Å²) in [6.45, 7) is 8.77. The van der Waals surface area contributed by atoms with Crippen molar-refractivity contribution in [1.29, 1.82) is 0 Å². The average Bonchev–Trinajstić information content (AvgIpc) is 1.47. The molecule has 5 rings (SSSR count). The van der Waals surface area contributed by atoms with Gasteiger partial charge >= 0.3 is 6.09 Å². The second-order valence-electron chi connectivity index (χ2n) is 40.2. The van der Waals surface area contributed by atoms with Crippen molar-refractivity contribution in [3.63, 3.8) is 0 Å². The molecule has 1 saturated carbocycles. The largest absolute Gasteiger partial charge is 0.455 e. The number of benzene rings is 2. The van der Waals surface area contributed by atoms with Crippen molar-refractivity contribution in [3.05, 3.63) is 53.8 Å². The van der Waals surface area contributed by atoms with Gasteiger partial charge in [-0.05, 0) is 65.0 Å². The Hall–Kier alpha value is -2.98. The molecule has 0 bridgehead atoms. The number of carbonyl (C=O) groups excluding carboxylic acids is 1. The Morgan fingerprint density at radius 2 is 0.558 bits per heavy atom. The molecule has 0 aromatic heterocycles. The van der Waals surface area contributed by atoms with E-state index >= 15 is 13.2 Å². The summed E-state index contributed by atoms with van der Waals surface area (Å²) in [5.74, 6) is -2.99. The lowest BCUT2D eigenvalue weighted by Gasteiger charge is -2.50. The molecule has 120 heavy (non-hydrogen) atoms. The molecule has 7 nitrogen and oxygen atoms in total. The van der Waals surface area contributed by atoms with E-state index in [2.05, 4.69) is 4.90 Å². The van der Waals surface area contributed by atoms with Crippen LogP contribution in [0.3, 0.4) is 0 Å². The van der Waals surface area contributed by atoms with Crippen LogP contribution in [0.25, 0.3) is 0 Å². The average molecular weight is 1680 g/mol. The van der Waals surface area contributed by atoms with Crippen LogP contribution in [0.15, 0.2) is 36.4 Å². The summed E-state index contributed by atoms with van der Waals surface area (Å²) >= 11 is 0. The zero-order chi connectivity index (χ0) is 85.1. The molecule has 3 aliphatic rings. The van der Waals surface area contributed by atoms with E-state index in [9.17, 15) is 4.79 Å². The minimum Gasteiger partial charge on any atom is -0.455 e. The van der Waals surface area contributed by atoms with E-state index in [0.29, 0.717) is 51.5 Å². The predicted octanol–water partition coefficient (Wildman–Crippen LogP) is 37.9. The van der Waals surface area contributed by atoms with Crippen molar-refractivity contribution in [2.45, 2.75) is 578 Å². The van der Waals surface area contributed by atoms with Gasteiger partial charge in [-0.1, -0.05) is 513 Å². The number of fused-ring (bicyclic) bond motifs is 1. The minimum absolute atomic E-state index is 0.137. The molecule has 2 spiro atoms. The molecule has 0 N–H and O–H groups in total. The highest BCUT2D eigenvalue weighted by atomic mass is 19.2. The first kappa shape index (κ1) is 108. The van der Waals surface area contributed by atoms with Crippen LogP contribution in [0.5, 0.6) is 11.5 Å². The molecule has 2 aromatic carbocycles. The highest BCUT2D eigenvalue weighted by Crippen LogP contribution is 2.52. The van der Waals surface area contributed by atoms with Crippen molar-refractivity contribution >= 4 is 11.8 Å². The Morgan fingerprint density at radius 1 is 0.308 bits per heavy atom. The van der Waals surface area contributed by atoms with Crippen molar-refractivity contribution in [3.8, 4) is 11.5 Å². The fraction of sp³-hybridized carbons (Fsp3) is 0.882. The van der Waals surface area contributed by atoms with Crippen LogP contribution in [0.4, 0.5) is 23.7 Å². The first-order valence-corrected chi connectivity index (χ1v) is 53.9. The lowest BCUT2D eigenvalue weighted by atomic mass is 9.68. The van der Waals surface area contributed by atoms with E-state index < -0.39 is 34.3 Å². The number of hydrogen-bond acceptors (Lipinski definition) is 6. The second kappa shape index (κ2) is 75.0. The Balaban J connectivity index is 1.37. The maximum atomic E-state index is 16.6. The molecular formula is C110H197F3N2O5. The first-order chi connectivity index (χ1) is 59.0. The van der Waals surface area contributed by atoms with Crippen molar-refractivity contribution in [2.24, 2.45) is 5.41 Å². The number of amides is 1. The molecule has 1 aliphatic carbocycles. The van der Waals surface area contributed by atoms with Crippen molar-refractivity contribution in [2.75, 3.05) is 44.3 Å². The fourth-order valence-corrected chi connectivity index (χ4v) is 20.4. The third-order valence-electron chi connectivity index (χ3n) is 27.9. The smallest absolute Gasteiger partial charge is 0.410 e. The topological polar surface area (TPSA) is 60.5 Å². The van der Waals surface area contributed by atoms with Crippen LogP contribution in [0.1, 0.15) is 567 Å². The van der Waals surface area contributed by atoms with E-state index in [-0.39, 0.29) is 17.6 Å². The fourth-order valence-electron chi connectivity index (χ4n) is 20.4. The Bertz CT molecular complexity index is 2570. The van der Waals surface area contributed by atoms with Gasteiger partial charge in [-0.3, -0.25) is 0 Å². The van der Waals surface area contributed by atoms with Gasteiger partial charge in [0.1, 0.15) is 17.2 Å². The molecule has 10 heteroatoms. The number of nitrogens with zero attached hydrogens (tertiary/aromatic N) is 2. The third kappa shape index (κ3) is 56.3. The summed E-state index contributed by atoms with van der Waals surface area (Å²) in [5, 5.41) is 0. The first-order valence-electron chi connectivity index (χ1n) is 53.9. The number of rotatable bonds is 3. The second-order valence-corrected chi connectivity index (χ2v) is 40.2. The molecule has 2 saturated heterocycles. The van der Waals surface area contributed by atoms with Crippen LogP contribution < -0.4 is 9.64 Å². The normalized spacial score (nSPS) is 23.8. The zero-order valence-electron chi connectivity index (χ0n) is 79.9. The van der Waals surface area contributed by atoms with Gasteiger partial charge in [0.2, 0.25) is 0 Å². The molecule has 3 fully saturated rings. The highest BCUT2D eigenvalue weighted by molar-refractivity contribution is 5.68. The molecule has 2 aliphatic heterocycles. The predicted molar refractivity (Wildman–Crippen MR) is 512 cm³/mol. The van der Waals surface area contributed by atoms with E-state index in [1.165, 1.54) is 480 Å². The lowest BCUT2D eigenvalue weighted by molar-refractivity contribution is -0.246. The molecular weight excluding hydrogens is 1490 g/mol. The SMILES string of the molecule is CC(C)(C)OC(=O)N1CCCCCCCCCCCCCCCCCCCCCCCCCCCCCCCCCCCCCCCCC2(CCCCCCCCCCCCCCCCCCCCCCCCCCCCCCCCCCCCCCCCCCCCCC23OCCO3)CN(c2cc(F)c(F)cc2Oc2cccc(F)c2)CCC1. The highest BCUT2D eigenvalue weighted by Gasteiger charge is 2.55.